The van der Waals surface area contributed by atoms with Crippen molar-refractivity contribution in [3.05, 3.63) is 59.9 Å². The second kappa shape index (κ2) is 12.2. The highest BCUT2D eigenvalue weighted by molar-refractivity contribution is 5.98. The van der Waals surface area contributed by atoms with Crippen LogP contribution in [0.25, 0.3) is 0 Å². The number of benzene rings is 1. The van der Waals surface area contributed by atoms with Crippen molar-refractivity contribution >= 4 is 23.7 Å². The van der Waals surface area contributed by atoms with E-state index in [9.17, 15) is 29.4 Å². The number of aliphatic hydroxyl groups excluding tert-OH is 1. The van der Waals surface area contributed by atoms with Crippen LogP contribution in [0.5, 0.6) is 5.75 Å². The highest BCUT2D eigenvalue weighted by atomic mass is 16.5. The minimum atomic E-state index is -1.35. The number of carbonyl (C=O) groups is 4. The van der Waals surface area contributed by atoms with Gasteiger partial charge in [-0.3, -0.25) is 19.2 Å². The largest absolute Gasteiger partial charge is 0.505 e. The van der Waals surface area contributed by atoms with Gasteiger partial charge in [0.15, 0.2) is 11.8 Å². The molecule has 39 heavy (non-hydrogen) atoms. The molecule has 11 nitrogen and oxygen atoms in total. The van der Waals surface area contributed by atoms with E-state index in [-0.39, 0.29) is 23.8 Å². The Bertz CT molecular complexity index is 1200. The summed E-state index contributed by atoms with van der Waals surface area (Å²) in [5, 5.41) is 29.4. The van der Waals surface area contributed by atoms with Gasteiger partial charge in [-0.05, 0) is 50.8 Å². The van der Waals surface area contributed by atoms with Crippen LogP contribution in [-0.4, -0.2) is 69.2 Å². The van der Waals surface area contributed by atoms with Crippen molar-refractivity contribution in [3.8, 4) is 5.75 Å². The Morgan fingerprint density at radius 1 is 1.05 bits per heavy atom. The summed E-state index contributed by atoms with van der Waals surface area (Å²) in [7, 11) is 0. The lowest BCUT2D eigenvalue weighted by molar-refractivity contribution is -0.169. The van der Waals surface area contributed by atoms with E-state index in [0.717, 1.165) is 12.0 Å². The molecule has 0 bridgehead atoms. The minimum Gasteiger partial charge on any atom is -0.505 e. The Balaban J connectivity index is 1.67. The summed E-state index contributed by atoms with van der Waals surface area (Å²) in [6, 6.07) is 8.71. The number of aromatic nitrogens is 1. The lowest BCUT2D eigenvalue weighted by Crippen LogP contribution is -2.63. The molecule has 5 N–H and O–H groups in total. The second-order valence-corrected chi connectivity index (χ2v) is 10.3. The van der Waals surface area contributed by atoms with Gasteiger partial charge >= 0.3 is 5.97 Å². The number of rotatable bonds is 5. The van der Waals surface area contributed by atoms with Crippen molar-refractivity contribution in [2.45, 2.75) is 69.9 Å². The van der Waals surface area contributed by atoms with Crippen LogP contribution in [0.4, 0.5) is 0 Å². The average molecular weight is 539 g/mol. The van der Waals surface area contributed by atoms with Crippen molar-refractivity contribution in [2.24, 2.45) is 11.8 Å². The maximum atomic E-state index is 13.6. The molecule has 4 rings (SSSR count). The van der Waals surface area contributed by atoms with Crippen LogP contribution < -0.4 is 16.0 Å². The number of aromatic hydroxyl groups is 1. The average Bonchev–Trinajstić information content (AvgIpc) is 2.89. The molecule has 1 aromatic carbocycles. The van der Waals surface area contributed by atoms with Gasteiger partial charge in [0.25, 0.3) is 11.8 Å². The zero-order valence-electron chi connectivity index (χ0n) is 21.9. The molecule has 1 aromatic heterocycles. The Kier molecular flexibility index (Phi) is 8.80. The number of hydrogen-bond acceptors (Lipinski definition) is 8. The maximum Gasteiger partial charge on any atom is 0.312 e. The number of ether oxygens (including phenoxy) is 1. The molecule has 2 aromatic rings. The molecule has 0 spiro atoms. The molecule has 1 saturated heterocycles. The summed E-state index contributed by atoms with van der Waals surface area (Å²) < 4.78 is 5.64. The summed E-state index contributed by atoms with van der Waals surface area (Å²) in [5.74, 6) is -4.43. The number of cyclic esters (lactones) is 1. The fraction of sp³-hybridized carbons (Fsp3) is 0.464. The first-order valence-corrected chi connectivity index (χ1v) is 13.1. The molecule has 1 aliphatic heterocycles. The van der Waals surface area contributed by atoms with Crippen molar-refractivity contribution in [1.82, 2.24) is 20.9 Å². The van der Waals surface area contributed by atoms with Gasteiger partial charge in [0.05, 0.1) is 24.1 Å². The number of esters is 1. The molecule has 208 valence electrons. The van der Waals surface area contributed by atoms with E-state index in [1.807, 2.05) is 30.3 Å². The van der Waals surface area contributed by atoms with Gasteiger partial charge in [-0.25, -0.2) is 4.98 Å². The molecule has 11 heteroatoms. The number of nitrogens with zero attached hydrogens (tertiary/aromatic N) is 1. The topological polar surface area (TPSA) is 167 Å². The van der Waals surface area contributed by atoms with Gasteiger partial charge < -0.3 is 30.9 Å². The zero-order chi connectivity index (χ0) is 28.1. The SMILES string of the molecule is CC1NC(=O)C(C2CCC2)OC(=O)C(C)C(O)C(Cc2ccccc2)NC(=O)C1NC(=O)c1ncccc1O. The van der Waals surface area contributed by atoms with E-state index in [2.05, 4.69) is 20.9 Å². The van der Waals surface area contributed by atoms with E-state index < -0.39 is 59.9 Å². The van der Waals surface area contributed by atoms with E-state index in [4.69, 9.17) is 4.74 Å². The predicted molar refractivity (Wildman–Crippen MR) is 139 cm³/mol. The van der Waals surface area contributed by atoms with Crippen molar-refractivity contribution in [2.75, 3.05) is 0 Å². The quantitative estimate of drug-likeness (QED) is 0.349. The fourth-order valence-corrected chi connectivity index (χ4v) is 4.81. The zero-order valence-corrected chi connectivity index (χ0v) is 21.9. The first-order chi connectivity index (χ1) is 18.7. The lowest BCUT2D eigenvalue weighted by atomic mass is 9.80. The molecular weight excluding hydrogens is 504 g/mol. The number of carbonyl (C=O) groups excluding carboxylic acids is 4. The highest BCUT2D eigenvalue weighted by Crippen LogP contribution is 2.32. The highest BCUT2D eigenvalue weighted by Gasteiger charge is 2.42. The number of nitrogens with one attached hydrogen (secondary N) is 3. The molecule has 1 aliphatic carbocycles. The van der Waals surface area contributed by atoms with E-state index >= 15 is 0 Å². The number of hydrogen-bond donors (Lipinski definition) is 5. The predicted octanol–water partition coefficient (Wildman–Crippen LogP) is 0.840. The summed E-state index contributed by atoms with van der Waals surface area (Å²) in [6.45, 7) is 3.03. The van der Waals surface area contributed by atoms with Crippen molar-refractivity contribution in [1.29, 1.82) is 0 Å². The molecule has 2 heterocycles. The van der Waals surface area contributed by atoms with E-state index in [1.54, 1.807) is 0 Å². The molecule has 2 aliphatic rings. The first kappa shape index (κ1) is 28.0. The smallest absolute Gasteiger partial charge is 0.312 e. The maximum absolute atomic E-state index is 13.6. The number of aliphatic hydroxyl groups is 1. The van der Waals surface area contributed by atoms with Gasteiger partial charge in [-0.1, -0.05) is 36.8 Å². The first-order valence-electron chi connectivity index (χ1n) is 13.1. The van der Waals surface area contributed by atoms with Crippen LogP contribution in [0.15, 0.2) is 48.7 Å². The minimum absolute atomic E-state index is 0.180. The molecule has 3 amide bonds. The van der Waals surface area contributed by atoms with Crippen molar-refractivity contribution in [3.63, 3.8) is 0 Å². The van der Waals surface area contributed by atoms with E-state index in [1.165, 1.54) is 32.2 Å². The Labute approximate surface area is 226 Å². The molecule has 6 unspecified atom stereocenters. The fourth-order valence-electron chi connectivity index (χ4n) is 4.81. The molecule has 6 atom stereocenters. The second-order valence-electron chi connectivity index (χ2n) is 10.3. The van der Waals surface area contributed by atoms with E-state index in [0.29, 0.717) is 12.8 Å². The summed E-state index contributed by atoms with van der Waals surface area (Å²) in [4.78, 5) is 56.8. The molecule has 1 saturated carbocycles. The standard InChI is InChI=1S/C28H34N4O7/c1-15-23(34)19(14-17-8-4-3-5-9-17)31-25(35)21(32-26(36)22-20(33)12-7-13-29-22)16(2)30-27(37)24(39-28(15)38)18-10-6-11-18/h3-5,7-9,12-13,15-16,18-19,21,23-24,33-34H,6,10-11,14H2,1-2H3,(H,30,37)(H,31,35)(H,32,36). The third-order valence-electron chi connectivity index (χ3n) is 7.44. The van der Waals surface area contributed by atoms with Crippen LogP contribution in [0.3, 0.4) is 0 Å². The van der Waals surface area contributed by atoms with Gasteiger partial charge in [0.1, 0.15) is 11.8 Å². The monoisotopic (exact) mass is 538 g/mol. The Hall–Kier alpha value is -3.99. The molecule has 0 radical (unpaired) electrons. The third-order valence-corrected chi connectivity index (χ3v) is 7.44. The lowest BCUT2D eigenvalue weighted by Gasteiger charge is -2.37. The number of pyridine rings is 1. The normalized spacial score (nSPS) is 28.5. The van der Waals surface area contributed by atoms with Crippen LogP contribution in [0.2, 0.25) is 0 Å². The molecule has 2 fully saturated rings. The molecular formula is C28H34N4O7. The Morgan fingerprint density at radius 3 is 2.41 bits per heavy atom. The summed E-state index contributed by atoms with van der Waals surface area (Å²) in [6.07, 6.45) is 1.38. The van der Waals surface area contributed by atoms with Gasteiger partial charge in [-0.2, -0.15) is 0 Å². The third kappa shape index (κ3) is 6.54. The summed E-state index contributed by atoms with van der Waals surface area (Å²) >= 11 is 0. The number of amides is 3. The summed E-state index contributed by atoms with van der Waals surface area (Å²) in [5.41, 5.74) is 0.521. The van der Waals surface area contributed by atoms with Crippen LogP contribution in [0, 0.1) is 11.8 Å². The van der Waals surface area contributed by atoms with Crippen molar-refractivity contribution < 1.29 is 34.1 Å². The van der Waals surface area contributed by atoms with Crippen LogP contribution in [-0.2, 0) is 25.5 Å². The van der Waals surface area contributed by atoms with Gasteiger partial charge in [0.2, 0.25) is 5.91 Å². The van der Waals surface area contributed by atoms with Gasteiger partial charge in [0, 0.05) is 12.1 Å². The van der Waals surface area contributed by atoms with Crippen LogP contribution >= 0.6 is 0 Å². The van der Waals surface area contributed by atoms with Gasteiger partial charge in [-0.15, -0.1) is 0 Å². The Morgan fingerprint density at radius 2 is 1.77 bits per heavy atom. The van der Waals surface area contributed by atoms with Crippen LogP contribution in [0.1, 0.15) is 49.2 Å².